The Morgan fingerprint density at radius 3 is 2.40 bits per heavy atom. The first-order valence-electron chi connectivity index (χ1n) is 3.72. The van der Waals surface area contributed by atoms with Crippen LogP contribution in [0.5, 0.6) is 0 Å². The zero-order valence-electron chi connectivity index (χ0n) is 7.18. The van der Waals surface area contributed by atoms with Gasteiger partial charge in [-0.15, -0.1) is 3.89 Å². The predicted molar refractivity (Wildman–Crippen MR) is 42.2 cm³/mol. The standard InChI is InChI=1S/C6H6F4N2O2S/c7-6(8,9)5-3-4(11-12-5)1-2-15(10,13)14/h3H,1-2H2,(H,11,12). The van der Waals surface area contributed by atoms with Gasteiger partial charge in [-0.1, -0.05) is 0 Å². The summed E-state index contributed by atoms with van der Waals surface area (Å²) in [5.74, 6) is -0.869. The summed E-state index contributed by atoms with van der Waals surface area (Å²) in [6.45, 7) is 0. The average Bonchev–Trinajstić information content (AvgIpc) is 2.45. The summed E-state index contributed by atoms with van der Waals surface area (Å²) in [6.07, 6.45) is -4.97. The third kappa shape index (κ3) is 3.86. The zero-order valence-corrected chi connectivity index (χ0v) is 7.99. The summed E-state index contributed by atoms with van der Waals surface area (Å²) in [7, 11) is -4.68. The van der Waals surface area contributed by atoms with Crippen molar-refractivity contribution in [3.05, 3.63) is 17.5 Å². The normalized spacial score (nSPS) is 13.1. The van der Waals surface area contributed by atoms with E-state index in [2.05, 4.69) is 5.10 Å². The Kier molecular flexibility index (Phi) is 3.03. The summed E-state index contributed by atoms with van der Waals surface area (Å²) in [6, 6.07) is 0.644. The Labute approximate surface area is 82.5 Å². The monoisotopic (exact) mass is 246 g/mol. The number of halogens is 4. The van der Waals surface area contributed by atoms with Gasteiger partial charge in [0.15, 0.2) is 5.69 Å². The van der Waals surface area contributed by atoms with Gasteiger partial charge in [0.1, 0.15) is 0 Å². The number of aromatic amines is 1. The molecule has 0 unspecified atom stereocenters. The van der Waals surface area contributed by atoms with Crippen LogP contribution >= 0.6 is 0 Å². The van der Waals surface area contributed by atoms with E-state index in [0.29, 0.717) is 6.07 Å². The number of aryl methyl sites for hydroxylation is 1. The van der Waals surface area contributed by atoms with E-state index >= 15 is 0 Å². The molecule has 0 aliphatic rings. The van der Waals surface area contributed by atoms with Crippen molar-refractivity contribution < 1.29 is 25.5 Å². The Bertz CT molecular complexity index is 436. The van der Waals surface area contributed by atoms with E-state index in [-0.39, 0.29) is 12.1 Å². The molecule has 0 atom stereocenters. The number of hydrogen-bond acceptors (Lipinski definition) is 3. The minimum absolute atomic E-state index is 0.0800. The lowest BCUT2D eigenvalue weighted by atomic mass is 10.3. The predicted octanol–water partition coefficient (Wildman–Crippen LogP) is 1.27. The fraction of sp³-hybridized carbons (Fsp3) is 0.500. The van der Waals surface area contributed by atoms with E-state index in [9.17, 15) is 25.5 Å². The molecule has 1 heterocycles. The second-order valence-electron chi connectivity index (χ2n) is 2.77. The first-order chi connectivity index (χ1) is 6.68. The largest absolute Gasteiger partial charge is 0.435 e. The SMILES string of the molecule is O=S(=O)(F)CCc1cc(C(F)(F)F)n[nH]1. The molecule has 0 saturated heterocycles. The Balaban J connectivity index is 2.70. The summed E-state index contributed by atoms with van der Waals surface area (Å²) >= 11 is 0. The highest BCUT2D eigenvalue weighted by atomic mass is 32.3. The molecular formula is C6H6F4N2O2S. The molecule has 15 heavy (non-hydrogen) atoms. The van der Waals surface area contributed by atoms with Crippen molar-refractivity contribution >= 4 is 10.2 Å². The van der Waals surface area contributed by atoms with Gasteiger partial charge in [0.05, 0.1) is 5.75 Å². The average molecular weight is 246 g/mol. The Morgan fingerprint density at radius 2 is 2.00 bits per heavy atom. The van der Waals surface area contributed by atoms with Gasteiger partial charge in [-0.05, 0) is 6.07 Å². The van der Waals surface area contributed by atoms with Crippen molar-refractivity contribution in [3.8, 4) is 0 Å². The van der Waals surface area contributed by atoms with Crippen LogP contribution in [0.1, 0.15) is 11.4 Å². The van der Waals surface area contributed by atoms with Crippen LogP contribution in [0.25, 0.3) is 0 Å². The van der Waals surface area contributed by atoms with E-state index in [1.165, 1.54) is 0 Å². The van der Waals surface area contributed by atoms with Gasteiger partial charge in [0, 0.05) is 12.1 Å². The molecule has 0 fully saturated rings. The van der Waals surface area contributed by atoms with Crippen LogP contribution in [0, 0.1) is 0 Å². The van der Waals surface area contributed by atoms with Crippen LogP contribution in [-0.4, -0.2) is 24.4 Å². The highest BCUT2D eigenvalue weighted by Crippen LogP contribution is 2.27. The molecule has 0 amide bonds. The Hall–Kier alpha value is -1.12. The number of H-pyrrole nitrogens is 1. The van der Waals surface area contributed by atoms with Crippen molar-refractivity contribution in [1.29, 1.82) is 0 Å². The number of nitrogens with zero attached hydrogens (tertiary/aromatic N) is 1. The van der Waals surface area contributed by atoms with Crippen LogP contribution in [0.4, 0.5) is 17.1 Å². The highest BCUT2D eigenvalue weighted by Gasteiger charge is 2.33. The molecule has 4 nitrogen and oxygen atoms in total. The molecule has 1 N–H and O–H groups in total. The molecule has 1 rings (SSSR count). The number of alkyl halides is 3. The summed E-state index contributed by atoms with van der Waals surface area (Å²) in [5.41, 5.74) is -1.24. The fourth-order valence-electron chi connectivity index (χ4n) is 0.867. The lowest BCUT2D eigenvalue weighted by molar-refractivity contribution is -0.141. The molecule has 0 aliphatic heterocycles. The summed E-state index contributed by atoms with van der Waals surface area (Å²) in [4.78, 5) is 0. The van der Waals surface area contributed by atoms with E-state index in [0.717, 1.165) is 0 Å². The number of hydrogen-bond donors (Lipinski definition) is 1. The van der Waals surface area contributed by atoms with E-state index in [1.54, 1.807) is 0 Å². The molecule has 0 aromatic carbocycles. The first kappa shape index (κ1) is 12.0. The van der Waals surface area contributed by atoms with Gasteiger partial charge in [-0.3, -0.25) is 5.10 Å². The minimum Gasteiger partial charge on any atom is -0.282 e. The molecule has 86 valence electrons. The Morgan fingerprint density at radius 1 is 1.40 bits per heavy atom. The van der Waals surface area contributed by atoms with Gasteiger partial charge in [0.25, 0.3) is 0 Å². The number of nitrogens with one attached hydrogen (secondary N) is 1. The molecule has 0 spiro atoms. The molecule has 9 heteroatoms. The van der Waals surface area contributed by atoms with Gasteiger partial charge >= 0.3 is 16.4 Å². The lowest BCUT2D eigenvalue weighted by Crippen LogP contribution is -2.05. The quantitative estimate of drug-likeness (QED) is 0.645. The molecule has 0 radical (unpaired) electrons. The second-order valence-corrected chi connectivity index (χ2v) is 4.26. The topological polar surface area (TPSA) is 62.8 Å². The maximum atomic E-state index is 12.0. The van der Waals surface area contributed by atoms with Gasteiger partial charge in [-0.2, -0.15) is 26.7 Å². The van der Waals surface area contributed by atoms with Crippen LogP contribution in [0.3, 0.4) is 0 Å². The van der Waals surface area contributed by atoms with Crippen molar-refractivity contribution in [2.24, 2.45) is 0 Å². The molecular weight excluding hydrogens is 240 g/mol. The minimum atomic E-state index is -4.68. The van der Waals surface area contributed by atoms with Crippen LogP contribution in [-0.2, 0) is 22.8 Å². The van der Waals surface area contributed by atoms with Crippen molar-refractivity contribution in [2.45, 2.75) is 12.6 Å². The zero-order chi connectivity index (χ0) is 11.7. The summed E-state index contributed by atoms with van der Waals surface area (Å²) in [5, 5.41) is 4.90. The number of aromatic nitrogens is 2. The third-order valence-corrected chi connectivity index (χ3v) is 2.23. The number of rotatable bonds is 3. The van der Waals surface area contributed by atoms with Gasteiger partial charge in [0.2, 0.25) is 0 Å². The smallest absolute Gasteiger partial charge is 0.282 e. The maximum Gasteiger partial charge on any atom is 0.435 e. The van der Waals surface area contributed by atoms with Crippen molar-refractivity contribution in [3.63, 3.8) is 0 Å². The van der Waals surface area contributed by atoms with Crippen molar-refractivity contribution in [1.82, 2.24) is 10.2 Å². The molecule has 1 aromatic rings. The van der Waals surface area contributed by atoms with E-state index in [4.69, 9.17) is 0 Å². The summed E-state index contributed by atoms with van der Waals surface area (Å²) < 4.78 is 68.2. The second kappa shape index (κ2) is 3.80. The first-order valence-corrected chi connectivity index (χ1v) is 5.27. The van der Waals surface area contributed by atoms with Crippen LogP contribution < -0.4 is 0 Å². The van der Waals surface area contributed by atoms with Gasteiger partial charge in [-0.25, -0.2) is 0 Å². The van der Waals surface area contributed by atoms with Crippen LogP contribution in [0.15, 0.2) is 6.07 Å². The van der Waals surface area contributed by atoms with Crippen LogP contribution in [0.2, 0.25) is 0 Å². The molecule has 0 saturated carbocycles. The van der Waals surface area contributed by atoms with Crippen molar-refractivity contribution in [2.75, 3.05) is 5.75 Å². The highest BCUT2D eigenvalue weighted by molar-refractivity contribution is 7.86. The molecule has 0 aliphatic carbocycles. The van der Waals surface area contributed by atoms with E-state index < -0.39 is 27.8 Å². The fourth-order valence-corrected chi connectivity index (χ4v) is 1.33. The maximum absolute atomic E-state index is 12.0. The molecule has 0 bridgehead atoms. The molecule has 1 aromatic heterocycles. The third-order valence-electron chi connectivity index (χ3n) is 1.54. The van der Waals surface area contributed by atoms with Gasteiger partial charge < -0.3 is 0 Å². The van der Waals surface area contributed by atoms with E-state index in [1.807, 2.05) is 5.10 Å². The lowest BCUT2D eigenvalue weighted by Gasteiger charge is -1.98.